The summed E-state index contributed by atoms with van der Waals surface area (Å²) in [4.78, 5) is 39.2. The van der Waals surface area contributed by atoms with Crippen molar-refractivity contribution in [3.63, 3.8) is 0 Å². The van der Waals surface area contributed by atoms with Gasteiger partial charge in [-0.1, -0.05) is 13.8 Å². The number of carbonyl (C=O) groups is 2. The van der Waals surface area contributed by atoms with Gasteiger partial charge in [0, 0.05) is 45.3 Å². The fourth-order valence-corrected chi connectivity index (χ4v) is 3.17. The van der Waals surface area contributed by atoms with Crippen LogP contribution in [0.3, 0.4) is 0 Å². The molecule has 0 bridgehead atoms. The van der Waals surface area contributed by atoms with Gasteiger partial charge in [0.25, 0.3) is 5.91 Å². The molecule has 1 aromatic heterocycles. The smallest absolute Gasteiger partial charge is 0.409 e. The van der Waals surface area contributed by atoms with E-state index in [0.29, 0.717) is 44.3 Å². The van der Waals surface area contributed by atoms with Gasteiger partial charge < -0.3 is 19.4 Å². The number of amides is 2. The van der Waals surface area contributed by atoms with E-state index in [1.807, 2.05) is 6.92 Å². The van der Waals surface area contributed by atoms with E-state index in [1.54, 1.807) is 22.8 Å². The molecule has 0 radical (unpaired) electrons. The second-order valence-corrected chi connectivity index (χ2v) is 6.62. The number of carbonyl (C=O) groups excluding carboxylic acids is 2. The Morgan fingerprint density at radius 3 is 2.19 bits per heavy atom. The summed E-state index contributed by atoms with van der Waals surface area (Å²) < 4.78 is 5.02. The number of anilines is 1. The summed E-state index contributed by atoms with van der Waals surface area (Å²) in [6, 6.07) is 1.79. The van der Waals surface area contributed by atoms with Crippen molar-refractivity contribution in [2.24, 2.45) is 0 Å². The summed E-state index contributed by atoms with van der Waals surface area (Å²) >= 11 is 0. The van der Waals surface area contributed by atoms with Crippen molar-refractivity contribution in [2.45, 2.75) is 40.5 Å². The van der Waals surface area contributed by atoms with Gasteiger partial charge in [-0.05, 0) is 26.7 Å². The van der Waals surface area contributed by atoms with Gasteiger partial charge in [0.15, 0.2) is 0 Å². The lowest BCUT2D eigenvalue weighted by Gasteiger charge is -2.34. The molecule has 27 heavy (non-hydrogen) atoms. The molecular weight excluding hydrogens is 346 g/mol. The van der Waals surface area contributed by atoms with E-state index in [4.69, 9.17) is 4.74 Å². The largest absolute Gasteiger partial charge is 0.450 e. The Bertz CT molecular complexity index is 638. The number of rotatable bonds is 7. The Hall–Kier alpha value is -2.38. The molecule has 0 spiro atoms. The normalized spacial score (nSPS) is 14.2. The molecule has 8 heteroatoms. The van der Waals surface area contributed by atoms with E-state index in [2.05, 4.69) is 28.7 Å². The van der Waals surface area contributed by atoms with Crippen LogP contribution in [0.5, 0.6) is 0 Å². The number of aromatic nitrogens is 2. The summed E-state index contributed by atoms with van der Waals surface area (Å²) in [5.41, 5.74) is 0.416. The molecule has 0 aromatic carbocycles. The maximum Gasteiger partial charge on any atom is 0.409 e. The highest BCUT2D eigenvalue weighted by molar-refractivity contribution is 5.93. The van der Waals surface area contributed by atoms with Gasteiger partial charge >= 0.3 is 6.09 Å². The molecule has 150 valence electrons. The molecule has 1 saturated heterocycles. The zero-order chi connectivity index (χ0) is 19.8. The van der Waals surface area contributed by atoms with Crippen LogP contribution >= 0.6 is 0 Å². The molecule has 0 atom stereocenters. The number of ether oxygens (including phenoxy) is 1. The number of hydrogen-bond acceptors (Lipinski definition) is 6. The lowest BCUT2D eigenvalue weighted by atomic mass is 10.2. The molecule has 2 rings (SSSR count). The molecule has 0 N–H and O–H groups in total. The third-order valence-corrected chi connectivity index (χ3v) is 4.45. The second kappa shape index (κ2) is 10.1. The molecule has 2 amide bonds. The lowest BCUT2D eigenvalue weighted by Crippen LogP contribution is -2.50. The molecule has 1 aliphatic rings. The average Bonchev–Trinajstić information content (AvgIpc) is 2.67. The Morgan fingerprint density at radius 2 is 1.63 bits per heavy atom. The Labute approximate surface area is 161 Å². The van der Waals surface area contributed by atoms with Crippen LogP contribution in [0.1, 0.15) is 49.9 Å². The molecule has 1 aliphatic heterocycles. The van der Waals surface area contributed by atoms with E-state index in [1.165, 1.54) is 0 Å². The highest BCUT2D eigenvalue weighted by Crippen LogP contribution is 2.16. The van der Waals surface area contributed by atoms with Crippen LogP contribution in [0, 0.1) is 6.92 Å². The summed E-state index contributed by atoms with van der Waals surface area (Å²) in [5, 5.41) is 0. The van der Waals surface area contributed by atoms with Gasteiger partial charge in [-0.3, -0.25) is 4.79 Å². The van der Waals surface area contributed by atoms with Crippen LogP contribution in [-0.2, 0) is 4.74 Å². The summed E-state index contributed by atoms with van der Waals surface area (Å²) in [7, 11) is 0. The minimum absolute atomic E-state index is 0.113. The average molecular weight is 377 g/mol. The van der Waals surface area contributed by atoms with Crippen molar-refractivity contribution in [1.29, 1.82) is 0 Å². The van der Waals surface area contributed by atoms with Crippen LogP contribution in [0.4, 0.5) is 10.6 Å². The maximum absolute atomic E-state index is 12.9. The zero-order valence-electron chi connectivity index (χ0n) is 16.9. The van der Waals surface area contributed by atoms with Crippen molar-refractivity contribution < 1.29 is 14.3 Å². The number of hydrogen-bond donors (Lipinski definition) is 0. The third-order valence-electron chi connectivity index (χ3n) is 4.45. The molecule has 0 saturated carbocycles. The van der Waals surface area contributed by atoms with E-state index in [9.17, 15) is 9.59 Å². The van der Waals surface area contributed by atoms with Crippen molar-refractivity contribution in [1.82, 2.24) is 19.8 Å². The van der Waals surface area contributed by atoms with Gasteiger partial charge in [0.2, 0.25) is 0 Å². The predicted molar refractivity (Wildman–Crippen MR) is 104 cm³/mol. The topological polar surface area (TPSA) is 78.9 Å². The molecule has 2 heterocycles. The van der Waals surface area contributed by atoms with Crippen LogP contribution in [0.25, 0.3) is 0 Å². The van der Waals surface area contributed by atoms with Crippen molar-refractivity contribution >= 4 is 17.8 Å². The first-order valence-corrected chi connectivity index (χ1v) is 9.81. The SMILES string of the molecule is CCCN(CCC)c1cc(C(=O)N2CCN(C(=O)OCC)CC2)nc(C)n1. The molecule has 1 fully saturated rings. The Balaban J connectivity index is 2.09. The second-order valence-electron chi connectivity index (χ2n) is 6.62. The van der Waals surface area contributed by atoms with E-state index in [0.717, 1.165) is 31.7 Å². The molecule has 1 aromatic rings. The first-order valence-electron chi connectivity index (χ1n) is 9.81. The standard InChI is InChI=1S/C19H31N5O3/c1-5-8-22(9-6-2)17-14-16(20-15(4)21-17)18(25)23-10-12-24(13-11-23)19(26)27-7-3/h14H,5-13H2,1-4H3. The summed E-state index contributed by atoms with van der Waals surface area (Å²) in [6.07, 6.45) is 1.71. The number of piperazine rings is 1. The summed E-state index contributed by atoms with van der Waals surface area (Å²) in [6.45, 7) is 11.9. The monoisotopic (exact) mass is 377 g/mol. The van der Waals surface area contributed by atoms with Crippen LogP contribution in [-0.4, -0.2) is 77.6 Å². The lowest BCUT2D eigenvalue weighted by molar-refractivity contribution is 0.0565. The first-order chi connectivity index (χ1) is 13.0. The molecule has 8 nitrogen and oxygen atoms in total. The summed E-state index contributed by atoms with van der Waals surface area (Å²) in [5.74, 6) is 1.29. The predicted octanol–water partition coefficient (Wildman–Crippen LogP) is 2.33. The molecule has 0 aliphatic carbocycles. The van der Waals surface area contributed by atoms with E-state index < -0.39 is 0 Å². The minimum atomic E-state index is -0.320. The van der Waals surface area contributed by atoms with Crippen molar-refractivity contribution in [3.05, 3.63) is 17.6 Å². The van der Waals surface area contributed by atoms with Gasteiger partial charge in [-0.15, -0.1) is 0 Å². The quantitative estimate of drug-likeness (QED) is 0.726. The van der Waals surface area contributed by atoms with Crippen molar-refractivity contribution in [2.75, 3.05) is 50.8 Å². The minimum Gasteiger partial charge on any atom is -0.450 e. The zero-order valence-corrected chi connectivity index (χ0v) is 16.9. The highest BCUT2D eigenvalue weighted by Gasteiger charge is 2.26. The fourth-order valence-electron chi connectivity index (χ4n) is 3.17. The third kappa shape index (κ3) is 5.55. The van der Waals surface area contributed by atoms with Crippen LogP contribution in [0.15, 0.2) is 6.07 Å². The highest BCUT2D eigenvalue weighted by atomic mass is 16.6. The van der Waals surface area contributed by atoms with Gasteiger partial charge in [-0.25, -0.2) is 14.8 Å². The van der Waals surface area contributed by atoms with Crippen molar-refractivity contribution in [3.8, 4) is 0 Å². The Morgan fingerprint density at radius 1 is 1.04 bits per heavy atom. The van der Waals surface area contributed by atoms with E-state index in [-0.39, 0.29) is 12.0 Å². The van der Waals surface area contributed by atoms with Gasteiger partial charge in [-0.2, -0.15) is 0 Å². The van der Waals surface area contributed by atoms with Gasteiger partial charge in [0.1, 0.15) is 17.3 Å². The van der Waals surface area contributed by atoms with E-state index >= 15 is 0 Å². The fraction of sp³-hybridized carbons (Fsp3) is 0.684. The van der Waals surface area contributed by atoms with Gasteiger partial charge in [0.05, 0.1) is 6.61 Å². The molecular formula is C19H31N5O3. The Kier molecular flexibility index (Phi) is 7.82. The number of nitrogens with zero attached hydrogens (tertiary/aromatic N) is 5. The first kappa shape index (κ1) is 20.9. The van der Waals surface area contributed by atoms with Crippen LogP contribution in [0.2, 0.25) is 0 Å². The number of aryl methyl sites for hydroxylation is 1. The van der Waals surface area contributed by atoms with Crippen LogP contribution < -0.4 is 4.90 Å². The molecule has 0 unspecified atom stereocenters. The maximum atomic E-state index is 12.9.